The molecule has 1 N–H and O–H groups in total. The lowest BCUT2D eigenvalue weighted by Gasteiger charge is -2.03. The number of benzene rings is 1. The van der Waals surface area contributed by atoms with Gasteiger partial charge >= 0.3 is 0 Å². The van der Waals surface area contributed by atoms with E-state index < -0.39 is 0 Å². The fraction of sp³-hybridized carbons (Fsp3) is 0.176. The average Bonchev–Trinajstić information content (AvgIpc) is 3.23. The molecule has 1 aromatic carbocycles. The second-order valence-electron chi connectivity index (χ2n) is 5.42. The van der Waals surface area contributed by atoms with Crippen molar-refractivity contribution in [3.05, 3.63) is 60.4 Å². The number of fused-ring (bicyclic) bond motifs is 1. The molecular weight excluding hydrogens is 262 g/mol. The largest absolute Gasteiger partial charge is 0.349 e. The maximum atomic E-state index is 12.1. The Bertz CT molecular complexity index is 803. The van der Waals surface area contributed by atoms with E-state index in [-0.39, 0.29) is 5.91 Å². The molecule has 1 aliphatic carbocycles. The molecule has 4 nitrogen and oxygen atoms in total. The van der Waals surface area contributed by atoms with Crippen LogP contribution >= 0.6 is 0 Å². The smallest absolute Gasteiger partial charge is 0.252 e. The summed E-state index contributed by atoms with van der Waals surface area (Å²) in [4.78, 5) is 16.7. The van der Waals surface area contributed by atoms with Crippen molar-refractivity contribution in [2.45, 2.75) is 18.9 Å². The summed E-state index contributed by atoms with van der Waals surface area (Å²) in [5, 5.41) is 3.00. The second-order valence-corrected chi connectivity index (χ2v) is 5.42. The Kier molecular flexibility index (Phi) is 2.74. The number of aromatic nitrogens is 2. The molecule has 3 aromatic rings. The Balaban J connectivity index is 1.69. The standard InChI is InChI=1S/C17H15N3O/c21-17(18-14-7-8-14)13-6-9-16-19-15(11-20(16)10-13)12-4-2-1-3-5-12/h1-6,9-11,14H,7-8H2,(H,18,21). The van der Waals surface area contributed by atoms with Gasteiger partial charge in [-0.25, -0.2) is 4.98 Å². The first-order valence-corrected chi connectivity index (χ1v) is 7.15. The number of rotatable bonds is 3. The molecule has 0 unspecified atom stereocenters. The minimum atomic E-state index is -0.00522. The lowest BCUT2D eigenvalue weighted by Crippen LogP contribution is -2.25. The van der Waals surface area contributed by atoms with Gasteiger partial charge in [0, 0.05) is 24.0 Å². The third kappa shape index (κ3) is 2.40. The number of carbonyl (C=O) groups excluding carboxylic acids is 1. The zero-order valence-corrected chi connectivity index (χ0v) is 11.5. The van der Waals surface area contributed by atoms with E-state index in [0.29, 0.717) is 11.6 Å². The van der Waals surface area contributed by atoms with Crippen LogP contribution < -0.4 is 5.32 Å². The molecule has 1 aliphatic rings. The Labute approximate surface area is 122 Å². The molecule has 0 radical (unpaired) electrons. The molecule has 21 heavy (non-hydrogen) atoms. The molecule has 1 fully saturated rings. The number of hydrogen-bond donors (Lipinski definition) is 1. The van der Waals surface area contributed by atoms with Crippen molar-refractivity contribution >= 4 is 11.6 Å². The molecular formula is C17H15N3O. The van der Waals surface area contributed by atoms with Crippen LogP contribution in [0.25, 0.3) is 16.9 Å². The maximum Gasteiger partial charge on any atom is 0.252 e. The molecule has 1 amide bonds. The molecule has 0 bridgehead atoms. The highest BCUT2D eigenvalue weighted by Crippen LogP contribution is 2.21. The number of pyridine rings is 1. The van der Waals surface area contributed by atoms with Crippen LogP contribution in [0.1, 0.15) is 23.2 Å². The number of imidazole rings is 1. The van der Waals surface area contributed by atoms with Crippen molar-refractivity contribution in [3.63, 3.8) is 0 Å². The quantitative estimate of drug-likeness (QED) is 0.800. The molecule has 104 valence electrons. The van der Waals surface area contributed by atoms with E-state index in [0.717, 1.165) is 29.7 Å². The highest BCUT2D eigenvalue weighted by Gasteiger charge is 2.23. The number of carbonyl (C=O) groups is 1. The van der Waals surface area contributed by atoms with Gasteiger partial charge in [0.15, 0.2) is 0 Å². The predicted octanol–water partition coefficient (Wildman–Crippen LogP) is 2.89. The van der Waals surface area contributed by atoms with Crippen molar-refractivity contribution in [1.82, 2.24) is 14.7 Å². The van der Waals surface area contributed by atoms with E-state index in [1.165, 1.54) is 0 Å². The van der Waals surface area contributed by atoms with Gasteiger partial charge in [0.25, 0.3) is 5.91 Å². The van der Waals surface area contributed by atoms with E-state index in [1.807, 2.05) is 59.3 Å². The molecule has 2 aromatic heterocycles. The van der Waals surface area contributed by atoms with E-state index in [9.17, 15) is 4.79 Å². The van der Waals surface area contributed by atoms with Crippen LogP contribution in [0.4, 0.5) is 0 Å². The summed E-state index contributed by atoms with van der Waals surface area (Å²) in [5.41, 5.74) is 3.50. The van der Waals surface area contributed by atoms with Gasteiger partial charge in [-0.15, -0.1) is 0 Å². The summed E-state index contributed by atoms with van der Waals surface area (Å²) < 4.78 is 1.91. The van der Waals surface area contributed by atoms with E-state index >= 15 is 0 Å². The normalized spacial score (nSPS) is 14.3. The number of nitrogens with zero attached hydrogens (tertiary/aromatic N) is 2. The van der Waals surface area contributed by atoms with Gasteiger partial charge in [0.1, 0.15) is 5.65 Å². The minimum absolute atomic E-state index is 0.00522. The van der Waals surface area contributed by atoms with Crippen molar-refractivity contribution in [1.29, 1.82) is 0 Å². The molecule has 1 saturated carbocycles. The highest BCUT2D eigenvalue weighted by atomic mass is 16.1. The fourth-order valence-electron chi connectivity index (χ4n) is 2.37. The van der Waals surface area contributed by atoms with Crippen molar-refractivity contribution in [2.24, 2.45) is 0 Å². The van der Waals surface area contributed by atoms with E-state index in [2.05, 4.69) is 10.3 Å². The molecule has 0 aliphatic heterocycles. The Morgan fingerprint density at radius 2 is 1.90 bits per heavy atom. The number of amides is 1. The summed E-state index contributed by atoms with van der Waals surface area (Å²) in [7, 11) is 0. The molecule has 4 rings (SSSR count). The van der Waals surface area contributed by atoms with Crippen LogP contribution in [0.15, 0.2) is 54.9 Å². The van der Waals surface area contributed by atoms with Gasteiger partial charge in [-0.05, 0) is 25.0 Å². The monoisotopic (exact) mass is 277 g/mol. The van der Waals surface area contributed by atoms with Crippen LogP contribution in [0.5, 0.6) is 0 Å². The Hall–Kier alpha value is -2.62. The zero-order chi connectivity index (χ0) is 14.2. The maximum absolute atomic E-state index is 12.1. The first-order valence-electron chi connectivity index (χ1n) is 7.15. The number of nitrogens with one attached hydrogen (secondary N) is 1. The summed E-state index contributed by atoms with van der Waals surface area (Å²) in [5.74, 6) is -0.00522. The van der Waals surface area contributed by atoms with Gasteiger partial charge in [0.2, 0.25) is 0 Å². The number of hydrogen-bond acceptors (Lipinski definition) is 2. The van der Waals surface area contributed by atoms with Gasteiger partial charge in [-0.2, -0.15) is 0 Å². The molecule has 4 heteroatoms. The van der Waals surface area contributed by atoms with Gasteiger partial charge in [0.05, 0.1) is 11.3 Å². The minimum Gasteiger partial charge on any atom is -0.349 e. The zero-order valence-electron chi connectivity index (χ0n) is 11.5. The van der Waals surface area contributed by atoms with Gasteiger partial charge < -0.3 is 9.72 Å². The van der Waals surface area contributed by atoms with Crippen molar-refractivity contribution < 1.29 is 4.79 Å². The third-order valence-corrected chi connectivity index (χ3v) is 3.70. The lowest BCUT2D eigenvalue weighted by molar-refractivity contribution is 0.0950. The van der Waals surface area contributed by atoms with Crippen molar-refractivity contribution in [3.8, 4) is 11.3 Å². The second kappa shape index (κ2) is 4.74. The lowest BCUT2D eigenvalue weighted by atomic mass is 10.2. The van der Waals surface area contributed by atoms with Gasteiger partial charge in [-0.1, -0.05) is 30.3 Å². The fourth-order valence-corrected chi connectivity index (χ4v) is 2.37. The highest BCUT2D eigenvalue weighted by molar-refractivity contribution is 5.94. The van der Waals surface area contributed by atoms with Crippen LogP contribution in [0, 0.1) is 0 Å². The van der Waals surface area contributed by atoms with Crippen LogP contribution in [-0.2, 0) is 0 Å². The van der Waals surface area contributed by atoms with Crippen molar-refractivity contribution in [2.75, 3.05) is 0 Å². The molecule has 0 atom stereocenters. The SMILES string of the molecule is O=C(NC1CC1)c1ccc2nc(-c3ccccc3)cn2c1. The molecule has 0 saturated heterocycles. The first-order chi connectivity index (χ1) is 10.3. The Morgan fingerprint density at radius 1 is 1.10 bits per heavy atom. The van der Waals surface area contributed by atoms with Crippen LogP contribution in [0.3, 0.4) is 0 Å². The predicted molar refractivity (Wildman–Crippen MR) is 81.1 cm³/mol. The van der Waals surface area contributed by atoms with Crippen LogP contribution in [-0.4, -0.2) is 21.3 Å². The van der Waals surface area contributed by atoms with Crippen LogP contribution in [0.2, 0.25) is 0 Å². The van der Waals surface area contributed by atoms with E-state index in [1.54, 1.807) is 0 Å². The first kappa shape index (κ1) is 12.1. The van der Waals surface area contributed by atoms with Gasteiger partial charge in [-0.3, -0.25) is 4.79 Å². The van der Waals surface area contributed by atoms with E-state index in [4.69, 9.17) is 0 Å². The third-order valence-electron chi connectivity index (χ3n) is 3.70. The molecule has 2 heterocycles. The summed E-state index contributed by atoms with van der Waals surface area (Å²) in [6, 6.07) is 14.1. The Morgan fingerprint density at radius 3 is 2.67 bits per heavy atom. The summed E-state index contributed by atoms with van der Waals surface area (Å²) in [6.07, 6.45) is 5.99. The summed E-state index contributed by atoms with van der Waals surface area (Å²) >= 11 is 0. The topological polar surface area (TPSA) is 46.4 Å². The summed E-state index contributed by atoms with van der Waals surface area (Å²) in [6.45, 7) is 0. The molecule has 0 spiro atoms. The average molecular weight is 277 g/mol.